The number of nitrogens with one attached hydrogen (secondary N) is 1. The summed E-state index contributed by atoms with van der Waals surface area (Å²) in [6.07, 6.45) is 1.53. The fourth-order valence-electron chi connectivity index (χ4n) is 4.10. The molecule has 0 aliphatic rings. The van der Waals surface area contributed by atoms with Crippen LogP contribution in [0.5, 0.6) is 5.75 Å². The predicted octanol–water partition coefficient (Wildman–Crippen LogP) is 4.20. The SMILES string of the molecule is CCCCn1c(N)c(N(Cc2ccccc2)C(=O)COc2ccccc2-c2ccccc2)c(=O)[nH]c1=O. The van der Waals surface area contributed by atoms with Gasteiger partial charge in [0.05, 0.1) is 6.54 Å². The largest absolute Gasteiger partial charge is 0.483 e. The number of hydrogen-bond acceptors (Lipinski definition) is 5. The summed E-state index contributed by atoms with van der Waals surface area (Å²) in [6.45, 7) is 2.08. The van der Waals surface area contributed by atoms with Gasteiger partial charge in [0.15, 0.2) is 12.3 Å². The number of para-hydroxylation sites is 1. The highest BCUT2D eigenvalue weighted by Gasteiger charge is 2.25. The number of H-pyrrole nitrogens is 1. The molecule has 37 heavy (non-hydrogen) atoms. The monoisotopic (exact) mass is 498 g/mol. The number of unbranched alkanes of at least 4 members (excludes halogenated alkanes) is 1. The molecule has 3 N–H and O–H groups in total. The van der Waals surface area contributed by atoms with Crippen LogP contribution in [0.4, 0.5) is 11.5 Å². The third-order valence-corrected chi connectivity index (χ3v) is 6.03. The van der Waals surface area contributed by atoms with Crippen molar-refractivity contribution in [2.45, 2.75) is 32.9 Å². The fourth-order valence-corrected chi connectivity index (χ4v) is 4.10. The van der Waals surface area contributed by atoms with Crippen molar-refractivity contribution in [2.75, 3.05) is 17.2 Å². The highest BCUT2D eigenvalue weighted by Crippen LogP contribution is 2.30. The topological polar surface area (TPSA) is 110 Å². The summed E-state index contributed by atoms with van der Waals surface area (Å²) in [6, 6.07) is 26.4. The lowest BCUT2D eigenvalue weighted by Crippen LogP contribution is -2.42. The van der Waals surface area contributed by atoms with E-state index in [-0.39, 0.29) is 24.7 Å². The Morgan fingerprint density at radius 1 is 0.946 bits per heavy atom. The number of amides is 1. The van der Waals surface area contributed by atoms with Gasteiger partial charge in [-0.1, -0.05) is 92.2 Å². The van der Waals surface area contributed by atoms with E-state index in [1.165, 1.54) is 9.47 Å². The van der Waals surface area contributed by atoms with E-state index < -0.39 is 17.2 Å². The lowest BCUT2D eigenvalue weighted by molar-refractivity contribution is -0.120. The van der Waals surface area contributed by atoms with Crippen molar-refractivity contribution in [2.24, 2.45) is 0 Å². The van der Waals surface area contributed by atoms with Gasteiger partial charge >= 0.3 is 5.69 Å². The van der Waals surface area contributed by atoms with Crippen molar-refractivity contribution in [1.82, 2.24) is 9.55 Å². The van der Waals surface area contributed by atoms with Crippen molar-refractivity contribution in [1.29, 1.82) is 0 Å². The van der Waals surface area contributed by atoms with Crippen molar-refractivity contribution in [3.8, 4) is 16.9 Å². The maximum Gasteiger partial charge on any atom is 0.330 e. The van der Waals surface area contributed by atoms with E-state index in [0.717, 1.165) is 23.1 Å². The van der Waals surface area contributed by atoms with E-state index in [9.17, 15) is 14.4 Å². The smallest absolute Gasteiger partial charge is 0.330 e. The molecule has 4 rings (SSSR count). The molecular weight excluding hydrogens is 468 g/mol. The zero-order valence-corrected chi connectivity index (χ0v) is 20.7. The van der Waals surface area contributed by atoms with Gasteiger partial charge in [0.2, 0.25) is 0 Å². The third-order valence-electron chi connectivity index (χ3n) is 6.03. The molecule has 1 aromatic heterocycles. The molecule has 8 heteroatoms. The second-order valence-electron chi connectivity index (χ2n) is 8.61. The molecule has 190 valence electrons. The number of hydrogen-bond donors (Lipinski definition) is 2. The van der Waals surface area contributed by atoms with Crippen LogP contribution in [0.3, 0.4) is 0 Å². The zero-order valence-electron chi connectivity index (χ0n) is 20.7. The standard InChI is InChI=1S/C29H30N4O4/c1-2-3-18-32-27(30)26(28(35)31-29(32)36)33(19-21-12-6-4-7-13-21)25(34)20-37-24-17-11-10-16-23(24)22-14-8-5-9-15-22/h4-17H,2-3,18-20,30H2,1H3,(H,31,35,36). The fraction of sp³-hybridized carbons (Fsp3) is 0.207. The van der Waals surface area contributed by atoms with Crippen LogP contribution in [0.1, 0.15) is 25.3 Å². The van der Waals surface area contributed by atoms with Crippen molar-refractivity contribution in [3.05, 3.63) is 111 Å². The lowest BCUT2D eigenvalue weighted by atomic mass is 10.1. The van der Waals surface area contributed by atoms with Crippen LogP contribution in [-0.4, -0.2) is 22.1 Å². The Morgan fingerprint density at radius 3 is 2.30 bits per heavy atom. The van der Waals surface area contributed by atoms with Crippen LogP contribution >= 0.6 is 0 Å². The van der Waals surface area contributed by atoms with Gasteiger partial charge in [-0.25, -0.2) is 4.79 Å². The minimum Gasteiger partial charge on any atom is -0.483 e. The summed E-state index contributed by atoms with van der Waals surface area (Å²) in [5.41, 5.74) is 7.55. The molecule has 0 spiro atoms. The first-order chi connectivity index (χ1) is 18.0. The van der Waals surface area contributed by atoms with E-state index >= 15 is 0 Å². The van der Waals surface area contributed by atoms with Crippen LogP contribution in [0.15, 0.2) is 94.5 Å². The van der Waals surface area contributed by atoms with Crippen LogP contribution < -0.4 is 26.6 Å². The van der Waals surface area contributed by atoms with Gasteiger partial charge in [0.1, 0.15) is 11.6 Å². The Labute approximate surface area is 215 Å². The first kappa shape index (κ1) is 25.5. The molecule has 1 heterocycles. The normalized spacial score (nSPS) is 10.7. The summed E-state index contributed by atoms with van der Waals surface area (Å²) in [4.78, 5) is 42.6. The van der Waals surface area contributed by atoms with Crippen LogP contribution in [0.25, 0.3) is 11.1 Å². The molecule has 0 aliphatic carbocycles. The quantitative estimate of drug-likeness (QED) is 0.341. The summed E-state index contributed by atoms with van der Waals surface area (Å²) in [5.74, 6) is 0.0253. The average molecular weight is 499 g/mol. The number of anilines is 2. The summed E-state index contributed by atoms with van der Waals surface area (Å²) in [7, 11) is 0. The molecule has 0 radical (unpaired) electrons. The van der Waals surface area contributed by atoms with Crippen molar-refractivity contribution in [3.63, 3.8) is 0 Å². The molecule has 0 atom stereocenters. The highest BCUT2D eigenvalue weighted by atomic mass is 16.5. The number of rotatable bonds is 10. The molecule has 0 saturated carbocycles. The van der Waals surface area contributed by atoms with Crippen molar-refractivity contribution < 1.29 is 9.53 Å². The number of carbonyl (C=O) groups excluding carboxylic acids is 1. The molecule has 0 aliphatic heterocycles. The van der Waals surface area contributed by atoms with Gasteiger partial charge in [-0.2, -0.15) is 0 Å². The Bertz CT molecular complexity index is 1460. The number of aromatic nitrogens is 2. The van der Waals surface area contributed by atoms with E-state index in [0.29, 0.717) is 18.7 Å². The van der Waals surface area contributed by atoms with Gasteiger partial charge in [0.25, 0.3) is 11.5 Å². The van der Waals surface area contributed by atoms with Gasteiger partial charge < -0.3 is 10.5 Å². The Morgan fingerprint density at radius 2 is 1.59 bits per heavy atom. The van der Waals surface area contributed by atoms with Crippen LogP contribution in [-0.2, 0) is 17.9 Å². The summed E-state index contributed by atoms with van der Waals surface area (Å²) < 4.78 is 7.28. The van der Waals surface area contributed by atoms with E-state index in [2.05, 4.69) is 4.98 Å². The average Bonchev–Trinajstić information content (AvgIpc) is 2.92. The van der Waals surface area contributed by atoms with Crippen LogP contribution in [0, 0.1) is 0 Å². The molecule has 0 unspecified atom stereocenters. The number of nitrogens with zero attached hydrogens (tertiary/aromatic N) is 2. The molecule has 4 aromatic rings. The molecular formula is C29H30N4O4. The minimum atomic E-state index is -0.718. The van der Waals surface area contributed by atoms with Crippen molar-refractivity contribution >= 4 is 17.4 Å². The Hall–Kier alpha value is -4.59. The molecule has 0 bridgehead atoms. The summed E-state index contributed by atoms with van der Waals surface area (Å²) >= 11 is 0. The Balaban J connectivity index is 1.68. The van der Waals surface area contributed by atoms with Gasteiger partial charge in [-0.05, 0) is 23.6 Å². The van der Waals surface area contributed by atoms with E-state index in [1.807, 2.05) is 85.8 Å². The number of nitrogen functional groups attached to an aromatic ring is 1. The maximum absolute atomic E-state index is 13.6. The highest BCUT2D eigenvalue weighted by molar-refractivity contribution is 5.96. The minimum absolute atomic E-state index is 0.0452. The van der Waals surface area contributed by atoms with E-state index in [4.69, 9.17) is 10.5 Å². The predicted molar refractivity (Wildman–Crippen MR) is 146 cm³/mol. The van der Waals surface area contributed by atoms with Gasteiger partial charge in [-0.15, -0.1) is 0 Å². The molecule has 8 nitrogen and oxygen atoms in total. The van der Waals surface area contributed by atoms with Crippen LogP contribution in [0.2, 0.25) is 0 Å². The lowest BCUT2D eigenvalue weighted by Gasteiger charge is -2.25. The van der Waals surface area contributed by atoms with Gasteiger partial charge in [-0.3, -0.25) is 24.0 Å². The number of aromatic amines is 1. The number of ether oxygens (including phenoxy) is 1. The van der Waals surface area contributed by atoms with Gasteiger partial charge in [0, 0.05) is 12.1 Å². The first-order valence-corrected chi connectivity index (χ1v) is 12.2. The molecule has 3 aromatic carbocycles. The van der Waals surface area contributed by atoms with E-state index in [1.54, 1.807) is 6.07 Å². The second kappa shape index (κ2) is 11.9. The number of nitrogens with two attached hydrogens (primary N) is 1. The molecule has 0 fully saturated rings. The second-order valence-corrected chi connectivity index (χ2v) is 8.61. The number of carbonyl (C=O) groups is 1. The maximum atomic E-state index is 13.6. The summed E-state index contributed by atoms with van der Waals surface area (Å²) in [5, 5.41) is 0. The molecule has 0 saturated heterocycles. The molecule has 1 amide bonds. The Kier molecular flexibility index (Phi) is 8.20. The zero-order chi connectivity index (χ0) is 26.2. The third kappa shape index (κ3) is 5.98. The first-order valence-electron chi connectivity index (χ1n) is 12.2. The number of benzene rings is 3.